The zero-order chi connectivity index (χ0) is 12.3. The average molecular weight is 233 g/mol. The topological polar surface area (TPSA) is 29.5 Å². The van der Waals surface area contributed by atoms with Crippen molar-refractivity contribution in [1.82, 2.24) is 4.90 Å². The van der Waals surface area contributed by atoms with Gasteiger partial charge in [0, 0.05) is 24.7 Å². The van der Waals surface area contributed by atoms with Gasteiger partial charge < -0.3 is 4.74 Å². The summed E-state index contributed by atoms with van der Waals surface area (Å²) in [4.78, 5) is 13.3. The maximum Gasteiger partial charge on any atom is 0.150 e. The van der Waals surface area contributed by atoms with Gasteiger partial charge in [-0.1, -0.05) is 12.1 Å². The molecule has 0 bridgehead atoms. The Kier molecular flexibility index (Phi) is 3.92. The van der Waals surface area contributed by atoms with E-state index in [1.165, 1.54) is 5.56 Å². The first-order valence-electron chi connectivity index (χ1n) is 6.10. The molecule has 1 heterocycles. The summed E-state index contributed by atoms with van der Waals surface area (Å²) in [5, 5.41) is 0. The SMILES string of the molecule is Cc1ccc(C(C)N2CCOCC2)cc1C=O. The van der Waals surface area contributed by atoms with Gasteiger partial charge in [0.15, 0.2) is 0 Å². The van der Waals surface area contributed by atoms with Crippen LogP contribution in [0.25, 0.3) is 0 Å². The summed E-state index contributed by atoms with van der Waals surface area (Å²) in [5.74, 6) is 0. The summed E-state index contributed by atoms with van der Waals surface area (Å²) in [6.45, 7) is 7.68. The van der Waals surface area contributed by atoms with Crippen LogP contribution in [0, 0.1) is 6.92 Å². The number of carbonyl (C=O) groups excluding carboxylic acids is 1. The van der Waals surface area contributed by atoms with Crippen molar-refractivity contribution in [2.24, 2.45) is 0 Å². The minimum Gasteiger partial charge on any atom is -0.379 e. The van der Waals surface area contributed by atoms with E-state index in [4.69, 9.17) is 4.74 Å². The normalized spacial score (nSPS) is 18.9. The number of hydrogen-bond donors (Lipinski definition) is 0. The summed E-state index contributed by atoms with van der Waals surface area (Å²) in [5.41, 5.74) is 3.04. The van der Waals surface area contributed by atoms with Crippen LogP contribution in [-0.4, -0.2) is 37.5 Å². The molecule has 1 saturated heterocycles. The highest BCUT2D eigenvalue weighted by Gasteiger charge is 2.18. The highest BCUT2D eigenvalue weighted by Crippen LogP contribution is 2.22. The number of benzene rings is 1. The van der Waals surface area contributed by atoms with Crippen molar-refractivity contribution < 1.29 is 9.53 Å². The third-order valence-electron chi connectivity index (χ3n) is 3.51. The molecule has 0 radical (unpaired) electrons. The van der Waals surface area contributed by atoms with Gasteiger partial charge in [-0.25, -0.2) is 0 Å². The van der Waals surface area contributed by atoms with Crippen molar-refractivity contribution in [2.75, 3.05) is 26.3 Å². The minimum atomic E-state index is 0.346. The number of rotatable bonds is 3. The fraction of sp³-hybridized carbons (Fsp3) is 0.500. The maximum absolute atomic E-state index is 10.9. The predicted molar refractivity (Wildman–Crippen MR) is 67.4 cm³/mol. The van der Waals surface area contributed by atoms with Gasteiger partial charge in [0.25, 0.3) is 0 Å². The second-order valence-electron chi connectivity index (χ2n) is 4.56. The Morgan fingerprint density at radius 2 is 2.06 bits per heavy atom. The molecule has 1 atom stereocenters. The van der Waals surface area contributed by atoms with Gasteiger partial charge in [0.05, 0.1) is 13.2 Å². The zero-order valence-electron chi connectivity index (χ0n) is 10.5. The van der Waals surface area contributed by atoms with Crippen LogP contribution in [0.3, 0.4) is 0 Å². The molecule has 92 valence electrons. The second kappa shape index (κ2) is 5.43. The highest BCUT2D eigenvalue weighted by atomic mass is 16.5. The molecule has 1 aromatic carbocycles. The first-order valence-corrected chi connectivity index (χ1v) is 6.10. The van der Waals surface area contributed by atoms with Crippen molar-refractivity contribution in [3.8, 4) is 0 Å². The van der Waals surface area contributed by atoms with E-state index in [-0.39, 0.29) is 0 Å². The van der Waals surface area contributed by atoms with Crippen LogP contribution in [0.1, 0.15) is 34.5 Å². The molecule has 0 aliphatic carbocycles. The number of nitrogens with zero attached hydrogens (tertiary/aromatic N) is 1. The number of carbonyl (C=O) groups is 1. The molecule has 0 amide bonds. The van der Waals surface area contributed by atoms with E-state index < -0.39 is 0 Å². The second-order valence-corrected chi connectivity index (χ2v) is 4.56. The summed E-state index contributed by atoms with van der Waals surface area (Å²) >= 11 is 0. The molecule has 1 unspecified atom stereocenters. The Bertz CT molecular complexity index is 397. The van der Waals surface area contributed by atoms with Crippen LogP contribution in [0.5, 0.6) is 0 Å². The highest BCUT2D eigenvalue weighted by molar-refractivity contribution is 5.77. The van der Waals surface area contributed by atoms with E-state index in [9.17, 15) is 4.79 Å². The Labute approximate surface area is 102 Å². The van der Waals surface area contributed by atoms with Crippen molar-refractivity contribution in [3.05, 3.63) is 34.9 Å². The molecular formula is C14H19NO2. The first-order chi connectivity index (χ1) is 8.22. The molecule has 0 aromatic heterocycles. The standard InChI is InChI=1S/C14H19NO2/c1-11-3-4-13(9-14(11)10-16)12(2)15-5-7-17-8-6-15/h3-4,9-10,12H,5-8H2,1-2H3. The van der Waals surface area contributed by atoms with Gasteiger partial charge in [0.1, 0.15) is 6.29 Å². The van der Waals surface area contributed by atoms with Crippen molar-refractivity contribution in [3.63, 3.8) is 0 Å². The summed E-state index contributed by atoms with van der Waals surface area (Å²) in [6.07, 6.45) is 0.935. The van der Waals surface area contributed by atoms with Crippen LogP contribution >= 0.6 is 0 Å². The van der Waals surface area contributed by atoms with Crippen LogP contribution in [0.2, 0.25) is 0 Å². The van der Waals surface area contributed by atoms with Gasteiger partial charge >= 0.3 is 0 Å². The largest absolute Gasteiger partial charge is 0.379 e. The molecule has 1 aliphatic heterocycles. The fourth-order valence-electron chi connectivity index (χ4n) is 2.22. The summed E-state index contributed by atoms with van der Waals surface area (Å²) in [7, 11) is 0. The number of aldehydes is 1. The number of ether oxygens (including phenoxy) is 1. The Morgan fingerprint density at radius 3 is 2.71 bits per heavy atom. The van der Waals surface area contributed by atoms with Crippen LogP contribution in [0.15, 0.2) is 18.2 Å². The van der Waals surface area contributed by atoms with E-state index in [0.717, 1.165) is 43.7 Å². The molecular weight excluding hydrogens is 214 g/mol. The molecule has 2 rings (SSSR count). The fourth-order valence-corrected chi connectivity index (χ4v) is 2.22. The lowest BCUT2D eigenvalue weighted by Crippen LogP contribution is -2.38. The molecule has 1 aliphatic rings. The van der Waals surface area contributed by atoms with Gasteiger partial charge in [-0.2, -0.15) is 0 Å². The molecule has 0 spiro atoms. The van der Waals surface area contributed by atoms with E-state index in [2.05, 4.69) is 17.9 Å². The minimum absolute atomic E-state index is 0.346. The van der Waals surface area contributed by atoms with Crippen LogP contribution < -0.4 is 0 Å². The lowest BCUT2D eigenvalue weighted by Gasteiger charge is -2.32. The van der Waals surface area contributed by atoms with Gasteiger partial charge in [-0.15, -0.1) is 0 Å². The number of morpholine rings is 1. The third kappa shape index (κ3) is 2.73. The smallest absolute Gasteiger partial charge is 0.150 e. The van der Waals surface area contributed by atoms with Gasteiger partial charge in [-0.05, 0) is 31.0 Å². The Balaban J connectivity index is 2.17. The monoisotopic (exact) mass is 233 g/mol. The Hall–Kier alpha value is -1.19. The van der Waals surface area contributed by atoms with Gasteiger partial charge in [-0.3, -0.25) is 9.69 Å². The number of hydrogen-bond acceptors (Lipinski definition) is 3. The summed E-state index contributed by atoms with van der Waals surface area (Å²) in [6, 6.07) is 6.49. The molecule has 3 nitrogen and oxygen atoms in total. The van der Waals surface area contributed by atoms with E-state index >= 15 is 0 Å². The van der Waals surface area contributed by atoms with Crippen molar-refractivity contribution in [2.45, 2.75) is 19.9 Å². The molecule has 1 fully saturated rings. The summed E-state index contributed by atoms with van der Waals surface area (Å²) < 4.78 is 5.35. The molecule has 3 heteroatoms. The molecule has 17 heavy (non-hydrogen) atoms. The van der Waals surface area contributed by atoms with E-state index in [1.807, 2.05) is 19.1 Å². The molecule has 1 aromatic rings. The van der Waals surface area contributed by atoms with Crippen LogP contribution in [-0.2, 0) is 4.74 Å². The first kappa shape index (κ1) is 12.3. The number of aryl methyl sites for hydroxylation is 1. The molecule has 0 saturated carbocycles. The predicted octanol–water partition coefficient (Wildman–Crippen LogP) is 2.20. The van der Waals surface area contributed by atoms with Crippen LogP contribution in [0.4, 0.5) is 0 Å². The van der Waals surface area contributed by atoms with Crippen molar-refractivity contribution in [1.29, 1.82) is 0 Å². The lowest BCUT2D eigenvalue weighted by molar-refractivity contribution is 0.0198. The lowest BCUT2D eigenvalue weighted by atomic mass is 10.0. The van der Waals surface area contributed by atoms with Gasteiger partial charge in [0.2, 0.25) is 0 Å². The zero-order valence-corrected chi connectivity index (χ0v) is 10.5. The average Bonchev–Trinajstić information content (AvgIpc) is 2.39. The maximum atomic E-state index is 10.9. The molecule has 0 N–H and O–H groups in total. The Morgan fingerprint density at radius 1 is 1.35 bits per heavy atom. The third-order valence-corrected chi connectivity index (χ3v) is 3.51. The van der Waals surface area contributed by atoms with E-state index in [0.29, 0.717) is 6.04 Å². The quantitative estimate of drug-likeness (QED) is 0.750. The van der Waals surface area contributed by atoms with E-state index in [1.54, 1.807) is 0 Å². The van der Waals surface area contributed by atoms with Crippen molar-refractivity contribution >= 4 is 6.29 Å².